The zero-order valence-corrected chi connectivity index (χ0v) is 11.2. The molecule has 0 saturated heterocycles. The summed E-state index contributed by atoms with van der Waals surface area (Å²) in [6, 6.07) is -0.757. The highest BCUT2D eigenvalue weighted by molar-refractivity contribution is 5.75. The van der Waals surface area contributed by atoms with Gasteiger partial charge in [-0.2, -0.15) is 0 Å². The quantitative estimate of drug-likeness (QED) is 0.793. The molecule has 4 aliphatic carbocycles. The van der Waals surface area contributed by atoms with Crippen LogP contribution in [0.3, 0.4) is 0 Å². The second-order valence-corrected chi connectivity index (χ2v) is 6.90. The Bertz CT molecular complexity index is 338. The first-order valence-electron chi connectivity index (χ1n) is 7.04. The molecule has 4 nitrogen and oxygen atoms in total. The van der Waals surface area contributed by atoms with Crippen molar-refractivity contribution in [1.29, 1.82) is 0 Å². The molecular formula is C14H23NO3. The van der Waals surface area contributed by atoms with Gasteiger partial charge >= 0.3 is 5.97 Å². The maximum atomic E-state index is 11.6. The lowest BCUT2D eigenvalue weighted by atomic mass is 9.48. The van der Waals surface area contributed by atoms with Crippen LogP contribution in [0.2, 0.25) is 0 Å². The average molecular weight is 253 g/mol. The Morgan fingerprint density at radius 2 is 1.56 bits per heavy atom. The molecule has 4 aliphatic rings. The minimum atomic E-state index is -1.01. The Morgan fingerprint density at radius 1 is 1.11 bits per heavy atom. The van der Waals surface area contributed by atoms with Crippen LogP contribution in [0.5, 0.6) is 0 Å². The van der Waals surface area contributed by atoms with Gasteiger partial charge in [0.25, 0.3) is 0 Å². The summed E-state index contributed by atoms with van der Waals surface area (Å²) in [5.74, 6) is 0.984. The first kappa shape index (κ1) is 12.4. The highest BCUT2D eigenvalue weighted by atomic mass is 16.4. The number of hydrogen-bond donors (Lipinski definition) is 2. The third-order valence-corrected chi connectivity index (χ3v) is 5.63. The summed E-state index contributed by atoms with van der Waals surface area (Å²) >= 11 is 0. The van der Waals surface area contributed by atoms with Gasteiger partial charge in [-0.15, -0.1) is 0 Å². The van der Waals surface area contributed by atoms with Gasteiger partial charge in [0.1, 0.15) is 6.04 Å². The van der Waals surface area contributed by atoms with E-state index in [4.69, 9.17) is 0 Å². The van der Waals surface area contributed by atoms with Gasteiger partial charge < -0.3 is 10.2 Å². The van der Waals surface area contributed by atoms with Crippen molar-refractivity contribution in [3.63, 3.8) is 0 Å². The molecule has 0 radical (unpaired) electrons. The van der Waals surface area contributed by atoms with E-state index in [2.05, 4.69) is 0 Å². The van der Waals surface area contributed by atoms with Crippen molar-refractivity contribution in [3.05, 3.63) is 0 Å². The van der Waals surface area contributed by atoms with E-state index in [1.807, 2.05) is 0 Å². The molecule has 18 heavy (non-hydrogen) atoms. The molecule has 0 aromatic rings. The van der Waals surface area contributed by atoms with Crippen molar-refractivity contribution in [2.24, 2.45) is 23.7 Å². The zero-order valence-electron chi connectivity index (χ0n) is 11.2. The van der Waals surface area contributed by atoms with Crippen LogP contribution in [0.15, 0.2) is 0 Å². The summed E-state index contributed by atoms with van der Waals surface area (Å²) in [7, 11) is 3.53. The van der Waals surface area contributed by atoms with Gasteiger partial charge in [-0.25, -0.2) is 0 Å². The van der Waals surface area contributed by atoms with Gasteiger partial charge in [-0.1, -0.05) is 0 Å². The van der Waals surface area contributed by atoms with Gasteiger partial charge in [-0.05, 0) is 69.9 Å². The van der Waals surface area contributed by atoms with E-state index < -0.39 is 17.6 Å². The molecule has 4 bridgehead atoms. The van der Waals surface area contributed by atoms with Crippen LogP contribution >= 0.6 is 0 Å². The van der Waals surface area contributed by atoms with Gasteiger partial charge in [0.2, 0.25) is 0 Å². The zero-order chi connectivity index (χ0) is 13.1. The van der Waals surface area contributed by atoms with Gasteiger partial charge in [0.05, 0.1) is 5.60 Å². The number of hydrogen-bond acceptors (Lipinski definition) is 3. The lowest BCUT2D eigenvalue weighted by Crippen LogP contribution is -2.68. The van der Waals surface area contributed by atoms with Crippen LogP contribution in [-0.2, 0) is 4.79 Å². The Morgan fingerprint density at radius 3 is 1.89 bits per heavy atom. The van der Waals surface area contributed by atoms with Crippen LogP contribution in [0.25, 0.3) is 0 Å². The summed E-state index contributed by atoms with van der Waals surface area (Å²) in [5.41, 5.74) is -1.01. The fourth-order valence-corrected chi connectivity index (χ4v) is 5.22. The van der Waals surface area contributed by atoms with Crippen molar-refractivity contribution in [2.75, 3.05) is 14.1 Å². The molecule has 4 heteroatoms. The number of rotatable bonds is 3. The summed E-state index contributed by atoms with van der Waals surface area (Å²) in [5, 5.41) is 20.7. The fraction of sp³-hybridized carbons (Fsp3) is 0.929. The van der Waals surface area contributed by atoms with Crippen molar-refractivity contribution in [3.8, 4) is 0 Å². The highest BCUT2D eigenvalue weighted by Crippen LogP contribution is 2.59. The standard InChI is InChI=1S/C14H23NO3/c1-15(2)12(13(16)17)14(18)10-4-8-3-9(6-10)7-11(14)5-8/h8-12,18H,3-7H2,1-2H3,(H,16,17). The van der Waals surface area contributed by atoms with Crippen molar-refractivity contribution < 1.29 is 15.0 Å². The Labute approximate surface area is 108 Å². The van der Waals surface area contributed by atoms with Crippen LogP contribution in [-0.4, -0.2) is 46.8 Å². The normalized spacial score (nSPS) is 47.6. The molecule has 0 heterocycles. The van der Waals surface area contributed by atoms with Gasteiger partial charge in [0, 0.05) is 0 Å². The summed E-state index contributed by atoms with van der Waals surface area (Å²) in [6.07, 6.45) is 5.42. The maximum Gasteiger partial charge on any atom is 0.323 e. The number of aliphatic carboxylic acids is 1. The molecule has 1 unspecified atom stereocenters. The van der Waals surface area contributed by atoms with Crippen molar-refractivity contribution in [1.82, 2.24) is 4.90 Å². The number of aliphatic hydroxyl groups is 1. The summed E-state index contributed by atoms with van der Waals surface area (Å²) in [6.45, 7) is 0. The fourth-order valence-electron chi connectivity index (χ4n) is 5.22. The number of nitrogens with zero attached hydrogens (tertiary/aromatic N) is 1. The molecular weight excluding hydrogens is 230 g/mol. The van der Waals surface area contributed by atoms with Crippen LogP contribution in [0.4, 0.5) is 0 Å². The molecule has 0 aliphatic heterocycles. The van der Waals surface area contributed by atoms with E-state index in [9.17, 15) is 15.0 Å². The Kier molecular flexibility index (Phi) is 2.72. The minimum Gasteiger partial charge on any atom is -0.480 e. The van der Waals surface area contributed by atoms with E-state index in [-0.39, 0.29) is 11.8 Å². The second-order valence-electron chi connectivity index (χ2n) is 6.90. The molecule has 2 N–H and O–H groups in total. The second kappa shape index (κ2) is 3.94. The third kappa shape index (κ3) is 1.55. The molecule has 4 rings (SSSR count). The largest absolute Gasteiger partial charge is 0.480 e. The van der Waals surface area contributed by atoms with E-state index in [0.717, 1.165) is 37.5 Å². The van der Waals surface area contributed by atoms with E-state index in [1.54, 1.807) is 19.0 Å². The number of likely N-dealkylation sites (N-methyl/N-ethyl adjacent to an activating group) is 1. The van der Waals surface area contributed by atoms with E-state index in [1.165, 1.54) is 6.42 Å². The number of carboxylic acids is 1. The third-order valence-electron chi connectivity index (χ3n) is 5.63. The SMILES string of the molecule is CN(C)C(C(=O)O)C1(O)C2CC3CC(C2)CC1C3. The smallest absolute Gasteiger partial charge is 0.323 e. The average Bonchev–Trinajstić information content (AvgIpc) is 2.24. The van der Waals surface area contributed by atoms with Gasteiger partial charge in [0.15, 0.2) is 0 Å². The van der Waals surface area contributed by atoms with Crippen LogP contribution in [0, 0.1) is 23.7 Å². The minimum absolute atomic E-state index is 0.192. The van der Waals surface area contributed by atoms with Crippen molar-refractivity contribution >= 4 is 5.97 Å². The highest BCUT2D eigenvalue weighted by Gasteiger charge is 2.61. The predicted octanol–water partition coefficient (Wildman–Crippen LogP) is 1.19. The molecule has 0 amide bonds. The monoisotopic (exact) mass is 253 g/mol. The van der Waals surface area contributed by atoms with Crippen LogP contribution < -0.4 is 0 Å². The molecule has 4 fully saturated rings. The molecule has 0 aromatic carbocycles. The number of carbonyl (C=O) groups is 1. The van der Waals surface area contributed by atoms with Crippen LogP contribution in [0.1, 0.15) is 32.1 Å². The predicted molar refractivity (Wildman–Crippen MR) is 67.1 cm³/mol. The lowest BCUT2D eigenvalue weighted by molar-refractivity contribution is -0.210. The molecule has 0 aromatic heterocycles. The maximum absolute atomic E-state index is 11.6. The van der Waals surface area contributed by atoms with E-state index in [0.29, 0.717) is 0 Å². The van der Waals surface area contributed by atoms with E-state index >= 15 is 0 Å². The van der Waals surface area contributed by atoms with Crippen molar-refractivity contribution in [2.45, 2.75) is 43.7 Å². The Hall–Kier alpha value is -0.610. The topological polar surface area (TPSA) is 60.8 Å². The molecule has 102 valence electrons. The number of carboxylic acid groups (broad SMARTS) is 1. The molecule has 1 atom stereocenters. The lowest BCUT2D eigenvalue weighted by Gasteiger charge is -2.61. The van der Waals surface area contributed by atoms with Gasteiger partial charge in [-0.3, -0.25) is 9.69 Å². The first-order chi connectivity index (χ1) is 8.42. The summed E-state index contributed by atoms with van der Waals surface area (Å²) < 4.78 is 0. The first-order valence-corrected chi connectivity index (χ1v) is 7.04. The Balaban J connectivity index is 1.96. The molecule has 4 saturated carbocycles. The summed E-state index contributed by atoms with van der Waals surface area (Å²) in [4.78, 5) is 13.3. The molecule has 0 spiro atoms.